The van der Waals surface area contributed by atoms with Crippen molar-refractivity contribution in [2.24, 2.45) is 10.7 Å². The van der Waals surface area contributed by atoms with Crippen LogP contribution < -0.4 is 10.5 Å². The van der Waals surface area contributed by atoms with E-state index in [0.717, 1.165) is 43.8 Å². The normalized spacial score (nSPS) is 21.7. The van der Waals surface area contributed by atoms with E-state index in [0.29, 0.717) is 11.5 Å². The number of amidine groups is 1. The smallest absolute Gasteiger partial charge is 0.221 e. The fourth-order valence-corrected chi connectivity index (χ4v) is 2.63. The number of ether oxygens (including phenoxy) is 1. The van der Waals surface area contributed by atoms with Gasteiger partial charge in [-0.15, -0.1) is 0 Å². The molecule has 2 fully saturated rings. The zero-order valence-electron chi connectivity index (χ0n) is 13.7. The molecule has 0 bridgehead atoms. The van der Waals surface area contributed by atoms with Crippen LogP contribution in [0.1, 0.15) is 24.8 Å². The van der Waals surface area contributed by atoms with E-state index < -0.39 is 0 Å². The van der Waals surface area contributed by atoms with Crippen LogP contribution in [0.2, 0.25) is 0 Å². The van der Waals surface area contributed by atoms with E-state index in [1.54, 1.807) is 18.5 Å². The molecule has 1 atom stereocenters. The molecule has 1 saturated carbocycles. The van der Waals surface area contributed by atoms with Gasteiger partial charge in [0.25, 0.3) is 0 Å². The zero-order chi connectivity index (χ0) is 16.9. The van der Waals surface area contributed by atoms with E-state index in [2.05, 4.69) is 21.5 Å². The molecule has 0 amide bonds. The van der Waals surface area contributed by atoms with Crippen LogP contribution in [0.25, 0.3) is 5.57 Å². The molecule has 6 nitrogen and oxygen atoms in total. The average Bonchev–Trinajstić information content (AvgIpc) is 3.31. The van der Waals surface area contributed by atoms with Gasteiger partial charge in [0.05, 0.1) is 0 Å². The Morgan fingerprint density at radius 3 is 2.92 bits per heavy atom. The first-order chi connectivity index (χ1) is 11.7. The molecule has 3 N–H and O–H groups in total. The summed E-state index contributed by atoms with van der Waals surface area (Å²) in [7, 11) is 0. The lowest BCUT2D eigenvalue weighted by atomic mass is 10.1. The Hall–Kier alpha value is -2.47. The number of hydrogen-bond acceptors (Lipinski definition) is 5. The molecule has 2 aliphatic rings. The molecule has 3 rings (SSSR count). The van der Waals surface area contributed by atoms with Crippen molar-refractivity contribution in [1.29, 1.82) is 5.41 Å². The lowest BCUT2D eigenvalue weighted by Crippen LogP contribution is -2.30. The van der Waals surface area contributed by atoms with Crippen molar-refractivity contribution in [3.05, 3.63) is 42.7 Å². The first-order valence-corrected chi connectivity index (χ1v) is 8.24. The van der Waals surface area contributed by atoms with Crippen LogP contribution in [-0.4, -0.2) is 47.2 Å². The molecule has 1 aliphatic carbocycles. The number of nitrogens with two attached hydrogens (primary N) is 1. The maximum Gasteiger partial charge on any atom is 0.221 e. The van der Waals surface area contributed by atoms with E-state index in [4.69, 9.17) is 15.9 Å². The second-order valence-electron chi connectivity index (χ2n) is 6.09. The van der Waals surface area contributed by atoms with Crippen molar-refractivity contribution in [3.63, 3.8) is 0 Å². The molecule has 126 valence electrons. The molecule has 1 aromatic heterocycles. The van der Waals surface area contributed by atoms with Crippen LogP contribution in [0.5, 0.6) is 5.88 Å². The van der Waals surface area contributed by atoms with E-state index in [9.17, 15) is 0 Å². The quantitative estimate of drug-likeness (QED) is 0.620. The van der Waals surface area contributed by atoms with E-state index in [-0.39, 0.29) is 12.1 Å². The van der Waals surface area contributed by atoms with Crippen molar-refractivity contribution in [2.45, 2.75) is 31.4 Å². The predicted molar refractivity (Wildman–Crippen MR) is 96.4 cm³/mol. The van der Waals surface area contributed by atoms with Crippen molar-refractivity contribution in [3.8, 4) is 5.88 Å². The third kappa shape index (κ3) is 3.89. The van der Waals surface area contributed by atoms with Crippen LogP contribution in [0.3, 0.4) is 0 Å². The molecule has 0 radical (unpaired) electrons. The van der Waals surface area contributed by atoms with Gasteiger partial charge in [0.2, 0.25) is 5.88 Å². The SMILES string of the molecule is C=CC(=NC=C(C=N)c1cccnc1OC1CC1)N1CC[C@@H](N)C1. The highest BCUT2D eigenvalue weighted by Gasteiger charge is 2.25. The first kappa shape index (κ1) is 16.4. The second kappa shape index (κ2) is 7.40. The summed E-state index contributed by atoms with van der Waals surface area (Å²) in [6, 6.07) is 3.92. The van der Waals surface area contributed by atoms with Gasteiger partial charge in [-0.2, -0.15) is 0 Å². The summed E-state index contributed by atoms with van der Waals surface area (Å²) in [5.74, 6) is 1.34. The number of pyridine rings is 1. The molecule has 0 unspecified atom stereocenters. The molecule has 1 saturated heterocycles. The molecule has 2 heterocycles. The number of rotatable bonds is 6. The Morgan fingerprint density at radius 2 is 2.29 bits per heavy atom. The van der Waals surface area contributed by atoms with E-state index in [1.807, 2.05) is 12.1 Å². The van der Waals surface area contributed by atoms with E-state index in [1.165, 1.54) is 6.21 Å². The van der Waals surface area contributed by atoms with Crippen LogP contribution in [-0.2, 0) is 0 Å². The summed E-state index contributed by atoms with van der Waals surface area (Å²) in [4.78, 5) is 10.9. The zero-order valence-corrected chi connectivity index (χ0v) is 13.7. The third-order valence-corrected chi connectivity index (χ3v) is 4.11. The molecule has 24 heavy (non-hydrogen) atoms. The highest BCUT2D eigenvalue weighted by Crippen LogP contribution is 2.30. The van der Waals surface area contributed by atoms with Gasteiger partial charge >= 0.3 is 0 Å². The first-order valence-electron chi connectivity index (χ1n) is 8.24. The second-order valence-corrected chi connectivity index (χ2v) is 6.09. The summed E-state index contributed by atoms with van der Waals surface area (Å²) in [6.45, 7) is 5.49. The number of aromatic nitrogens is 1. The van der Waals surface area contributed by atoms with Crippen LogP contribution in [0.4, 0.5) is 0 Å². The molecule has 1 aliphatic heterocycles. The van der Waals surface area contributed by atoms with Crippen LogP contribution >= 0.6 is 0 Å². The maximum absolute atomic E-state index is 7.73. The Bertz CT molecular complexity index is 678. The van der Waals surface area contributed by atoms with Crippen molar-refractivity contribution >= 4 is 17.6 Å². The van der Waals surface area contributed by atoms with E-state index >= 15 is 0 Å². The number of likely N-dealkylation sites (tertiary alicyclic amines) is 1. The third-order valence-electron chi connectivity index (χ3n) is 4.11. The fourth-order valence-electron chi connectivity index (χ4n) is 2.63. The highest BCUT2D eigenvalue weighted by molar-refractivity contribution is 6.09. The maximum atomic E-state index is 7.73. The summed E-state index contributed by atoms with van der Waals surface area (Å²) in [5, 5.41) is 7.73. The van der Waals surface area contributed by atoms with Crippen molar-refractivity contribution in [1.82, 2.24) is 9.88 Å². The topological polar surface area (TPSA) is 87.6 Å². The minimum absolute atomic E-state index is 0.179. The Balaban J connectivity index is 1.84. The van der Waals surface area contributed by atoms with Gasteiger partial charge in [-0.3, -0.25) is 0 Å². The Kier molecular flexibility index (Phi) is 5.05. The summed E-state index contributed by atoms with van der Waals surface area (Å²) < 4.78 is 5.84. The van der Waals surface area contributed by atoms with Gasteiger partial charge in [-0.05, 0) is 37.5 Å². The minimum atomic E-state index is 0.179. The number of allylic oxidation sites excluding steroid dienone is 1. The monoisotopic (exact) mass is 325 g/mol. The van der Waals surface area contributed by atoms with Gasteiger partial charge < -0.3 is 20.8 Å². The molecule has 0 aromatic carbocycles. The highest BCUT2D eigenvalue weighted by atomic mass is 16.5. The van der Waals surface area contributed by atoms with Crippen molar-refractivity contribution < 1.29 is 4.74 Å². The standard InChI is InChI=1S/C18H23N5O/c1-2-17(23-9-7-14(20)12-23)22-11-13(10-19)16-4-3-8-21-18(16)24-15-5-6-15/h2-4,8,10-11,14-15,19H,1,5-7,9,12,20H2/t14-/m1/s1. The van der Waals surface area contributed by atoms with Gasteiger partial charge in [-0.1, -0.05) is 6.58 Å². The largest absolute Gasteiger partial charge is 0.474 e. The molecular formula is C18H23N5O. The van der Waals surface area contributed by atoms with Crippen LogP contribution in [0, 0.1) is 5.41 Å². The lowest BCUT2D eigenvalue weighted by molar-refractivity contribution is 0.290. The van der Waals surface area contributed by atoms with Crippen LogP contribution in [0.15, 0.2) is 42.2 Å². The number of nitrogens with one attached hydrogen (secondary N) is 1. The van der Waals surface area contributed by atoms with Gasteiger partial charge in [0.1, 0.15) is 11.9 Å². The summed E-state index contributed by atoms with van der Waals surface area (Å²) >= 11 is 0. The molecule has 0 spiro atoms. The molecule has 6 heteroatoms. The summed E-state index contributed by atoms with van der Waals surface area (Å²) in [6.07, 6.45) is 9.70. The van der Waals surface area contributed by atoms with Gasteiger partial charge in [0, 0.05) is 48.9 Å². The fraction of sp³-hybridized carbons (Fsp3) is 0.389. The number of nitrogens with zero attached hydrogens (tertiary/aromatic N) is 3. The van der Waals surface area contributed by atoms with Crippen molar-refractivity contribution in [2.75, 3.05) is 13.1 Å². The molecular weight excluding hydrogens is 302 g/mol. The Morgan fingerprint density at radius 1 is 1.46 bits per heavy atom. The molecule has 1 aromatic rings. The number of aliphatic imine (C=N–C) groups is 1. The number of hydrogen-bond donors (Lipinski definition) is 2. The predicted octanol–water partition coefficient (Wildman–Crippen LogP) is 2.23. The minimum Gasteiger partial charge on any atom is -0.474 e. The van der Waals surface area contributed by atoms with Gasteiger partial charge in [0.15, 0.2) is 0 Å². The lowest BCUT2D eigenvalue weighted by Gasteiger charge is -2.17. The Labute approximate surface area is 142 Å². The summed E-state index contributed by atoms with van der Waals surface area (Å²) in [5.41, 5.74) is 7.39. The average molecular weight is 325 g/mol. The van der Waals surface area contributed by atoms with Gasteiger partial charge in [-0.25, -0.2) is 9.98 Å².